The number of carbonyl (C=O) groups excluding carboxylic acids is 2. The van der Waals surface area contributed by atoms with Gasteiger partial charge in [0.05, 0.1) is 6.61 Å². The molecule has 0 aromatic heterocycles. The van der Waals surface area contributed by atoms with Crippen LogP contribution >= 0.6 is 0 Å². The first kappa shape index (κ1) is 24.1. The number of ether oxygens (including phenoxy) is 1. The van der Waals surface area contributed by atoms with Gasteiger partial charge in [0.1, 0.15) is 0 Å². The molecule has 2 amide bonds. The van der Waals surface area contributed by atoms with E-state index in [4.69, 9.17) is 4.74 Å². The first-order chi connectivity index (χ1) is 13.9. The van der Waals surface area contributed by atoms with Crippen molar-refractivity contribution in [1.29, 1.82) is 0 Å². The van der Waals surface area contributed by atoms with Crippen LogP contribution in [-0.2, 0) is 14.3 Å². The number of likely N-dealkylation sites (tertiary alicyclic amines) is 2. The van der Waals surface area contributed by atoms with Crippen molar-refractivity contribution in [2.75, 3.05) is 45.9 Å². The van der Waals surface area contributed by atoms with Crippen molar-refractivity contribution in [2.24, 2.45) is 17.8 Å². The van der Waals surface area contributed by atoms with E-state index in [1.165, 1.54) is 0 Å². The van der Waals surface area contributed by atoms with Crippen molar-refractivity contribution >= 4 is 11.8 Å². The van der Waals surface area contributed by atoms with Gasteiger partial charge in [-0.25, -0.2) is 0 Å². The Bertz CT molecular complexity index is 450. The van der Waals surface area contributed by atoms with Crippen molar-refractivity contribution in [3.63, 3.8) is 0 Å². The molecule has 168 valence electrons. The first-order valence-electron chi connectivity index (χ1n) is 11.8. The van der Waals surface area contributed by atoms with Crippen LogP contribution in [0.5, 0.6) is 0 Å². The molecule has 2 saturated heterocycles. The van der Waals surface area contributed by atoms with Crippen molar-refractivity contribution in [1.82, 2.24) is 15.1 Å². The lowest BCUT2D eigenvalue weighted by Crippen LogP contribution is -2.43. The number of rotatable bonds is 10. The summed E-state index contributed by atoms with van der Waals surface area (Å²) in [5, 5.41) is 3.00. The second-order valence-corrected chi connectivity index (χ2v) is 9.37. The molecule has 2 aliphatic rings. The zero-order chi connectivity index (χ0) is 21.2. The maximum atomic E-state index is 12.3. The third-order valence-electron chi connectivity index (χ3n) is 6.69. The Kier molecular flexibility index (Phi) is 10.4. The maximum Gasteiger partial charge on any atom is 0.223 e. The molecule has 2 heterocycles. The van der Waals surface area contributed by atoms with Gasteiger partial charge in [0.25, 0.3) is 0 Å². The highest BCUT2D eigenvalue weighted by Crippen LogP contribution is 2.24. The number of hydrogen-bond donors (Lipinski definition) is 1. The van der Waals surface area contributed by atoms with Gasteiger partial charge in [0.2, 0.25) is 11.8 Å². The van der Waals surface area contributed by atoms with Crippen LogP contribution in [0.15, 0.2) is 0 Å². The zero-order valence-electron chi connectivity index (χ0n) is 19.1. The molecule has 0 spiro atoms. The molecule has 6 nitrogen and oxygen atoms in total. The van der Waals surface area contributed by atoms with Crippen LogP contribution in [0.2, 0.25) is 0 Å². The Hall–Kier alpha value is -1.14. The van der Waals surface area contributed by atoms with Gasteiger partial charge in [0.15, 0.2) is 0 Å². The van der Waals surface area contributed by atoms with E-state index >= 15 is 0 Å². The first-order valence-corrected chi connectivity index (χ1v) is 11.8. The Morgan fingerprint density at radius 3 is 2.21 bits per heavy atom. The molecule has 29 heavy (non-hydrogen) atoms. The summed E-state index contributed by atoms with van der Waals surface area (Å²) in [6.07, 6.45) is 5.48. The maximum absolute atomic E-state index is 12.3. The van der Waals surface area contributed by atoms with Crippen LogP contribution in [0.4, 0.5) is 0 Å². The van der Waals surface area contributed by atoms with Crippen LogP contribution in [0.25, 0.3) is 0 Å². The molecular formula is C23H43N3O3. The number of hydrogen-bond acceptors (Lipinski definition) is 4. The smallest absolute Gasteiger partial charge is 0.223 e. The molecule has 6 heteroatoms. The summed E-state index contributed by atoms with van der Waals surface area (Å²) in [4.78, 5) is 29.0. The van der Waals surface area contributed by atoms with E-state index in [1.54, 1.807) is 0 Å². The van der Waals surface area contributed by atoms with Crippen molar-refractivity contribution in [3.05, 3.63) is 0 Å². The van der Waals surface area contributed by atoms with Crippen molar-refractivity contribution in [3.8, 4) is 0 Å². The minimum absolute atomic E-state index is 0.141. The van der Waals surface area contributed by atoms with Gasteiger partial charge in [-0.05, 0) is 70.9 Å². The van der Waals surface area contributed by atoms with Crippen LogP contribution in [0, 0.1) is 17.8 Å². The monoisotopic (exact) mass is 409 g/mol. The van der Waals surface area contributed by atoms with Gasteiger partial charge in [-0.3, -0.25) is 9.59 Å². The van der Waals surface area contributed by atoms with Crippen molar-refractivity contribution < 1.29 is 14.3 Å². The van der Waals surface area contributed by atoms with Crippen LogP contribution in [-0.4, -0.2) is 73.6 Å². The van der Waals surface area contributed by atoms with Crippen LogP contribution < -0.4 is 5.32 Å². The van der Waals surface area contributed by atoms with E-state index in [-0.39, 0.29) is 17.7 Å². The van der Waals surface area contributed by atoms with Crippen LogP contribution in [0.3, 0.4) is 0 Å². The predicted octanol–water partition coefficient (Wildman–Crippen LogP) is 2.91. The predicted molar refractivity (Wildman–Crippen MR) is 117 cm³/mol. The van der Waals surface area contributed by atoms with Crippen LogP contribution in [0.1, 0.15) is 66.2 Å². The quantitative estimate of drug-likeness (QED) is 0.564. The SMILES string of the molecule is CC(C)C1CCN(C(=O)CCCOCCNC(=O)C2CCN(C(C)C)CC2)CC1. The lowest BCUT2D eigenvalue weighted by Gasteiger charge is -2.34. The lowest BCUT2D eigenvalue weighted by molar-refractivity contribution is -0.133. The molecule has 2 fully saturated rings. The van der Waals surface area contributed by atoms with E-state index in [0.717, 1.165) is 64.2 Å². The minimum Gasteiger partial charge on any atom is -0.380 e. The summed E-state index contributed by atoms with van der Waals surface area (Å²) in [5.74, 6) is 2.05. The molecule has 1 N–H and O–H groups in total. The zero-order valence-corrected chi connectivity index (χ0v) is 19.1. The molecule has 0 aromatic carbocycles. The number of piperidine rings is 2. The van der Waals surface area contributed by atoms with E-state index in [1.807, 2.05) is 4.90 Å². The largest absolute Gasteiger partial charge is 0.380 e. The summed E-state index contributed by atoms with van der Waals surface area (Å²) in [6, 6.07) is 0.561. The van der Waals surface area contributed by atoms with Gasteiger partial charge in [0, 0.05) is 44.6 Å². The van der Waals surface area contributed by atoms with Crippen molar-refractivity contribution in [2.45, 2.75) is 72.3 Å². The molecule has 0 atom stereocenters. The Morgan fingerprint density at radius 1 is 0.966 bits per heavy atom. The molecule has 0 bridgehead atoms. The second-order valence-electron chi connectivity index (χ2n) is 9.37. The normalized spacial score (nSPS) is 19.9. The third kappa shape index (κ3) is 8.25. The summed E-state index contributed by atoms with van der Waals surface area (Å²) >= 11 is 0. The number of nitrogens with one attached hydrogen (secondary N) is 1. The Balaban J connectivity index is 1.46. The van der Waals surface area contributed by atoms with E-state index < -0.39 is 0 Å². The lowest BCUT2D eigenvalue weighted by atomic mass is 9.86. The van der Waals surface area contributed by atoms with Gasteiger partial charge in [-0.2, -0.15) is 0 Å². The standard InChI is InChI=1S/C23H43N3O3/c1-18(2)20-7-14-26(15-8-20)22(27)6-5-16-29-17-11-24-23(28)21-9-12-25(13-10-21)19(3)4/h18-21H,5-17H2,1-4H3,(H,24,28). The average molecular weight is 410 g/mol. The summed E-state index contributed by atoms with van der Waals surface area (Å²) in [6.45, 7) is 14.5. The number of nitrogens with zero attached hydrogens (tertiary/aromatic N) is 2. The molecule has 2 aliphatic heterocycles. The molecule has 0 radical (unpaired) electrons. The van der Waals surface area contributed by atoms with Gasteiger partial charge in [-0.1, -0.05) is 13.8 Å². The summed E-state index contributed by atoms with van der Waals surface area (Å²) < 4.78 is 5.61. The number of amides is 2. The molecule has 2 rings (SSSR count). The van der Waals surface area contributed by atoms with Gasteiger partial charge < -0.3 is 19.9 Å². The average Bonchev–Trinajstić information content (AvgIpc) is 2.72. The van der Waals surface area contributed by atoms with E-state index in [9.17, 15) is 9.59 Å². The minimum atomic E-state index is 0.141. The van der Waals surface area contributed by atoms with E-state index in [2.05, 4.69) is 37.9 Å². The summed E-state index contributed by atoms with van der Waals surface area (Å²) in [7, 11) is 0. The fraction of sp³-hybridized carbons (Fsp3) is 0.913. The molecule has 0 aliphatic carbocycles. The number of carbonyl (C=O) groups is 2. The summed E-state index contributed by atoms with van der Waals surface area (Å²) in [5.41, 5.74) is 0. The fourth-order valence-corrected chi connectivity index (χ4v) is 4.47. The van der Waals surface area contributed by atoms with Gasteiger partial charge in [-0.15, -0.1) is 0 Å². The highest BCUT2D eigenvalue weighted by Gasteiger charge is 2.26. The highest BCUT2D eigenvalue weighted by atomic mass is 16.5. The second kappa shape index (κ2) is 12.5. The third-order valence-corrected chi connectivity index (χ3v) is 6.69. The Morgan fingerprint density at radius 2 is 1.62 bits per heavy atom. The Labute approximate surface area is 177 Å². The topological polar surface area (TPSA) is 61.9 Å². The highest BCUT2D eigenvalue weighted by molar-refractivity contribution is 5.78. The van der Waals surface area contributed by atoms with E-state index in [0.29, 0.717) is 38.1 Å². The molecular weight excluding hydrogens is 366 g/mol. The molecule has 0 saturated carbocycles. The molecule has 0 aromatic rings. The fourth-order valence-electron chi connectivity index (χ4n) is 4.47. The molecule has 0 unspecified atom stereocenters. The van der Waals surface area contributed by atoms with Gasteiger partial charge >= 0.3 is 0 Å².